The van der Waals surface area contributed by atoms with E-state index in [1.165, 1.54) is 11.1 Å². The van der Waals surface area contributed by atoms with E-state index < -0.39 is 5.41 Å². The SMILES string of the molecule is CNc1cc2c(cc1OC)C(C)(C1CCCN(CCc3ccc(OC)c(OC)c3)C1)C(=O)NCC2. The van der Waals surface area contributed by atoms with Crippen LogP contribution in [-0.4, -0.2) is 65.4 Å². The second-order valence-electron chi connectivity index (χ2n) is 9.75. The standard InChI is InChI=1S/C28H39N3O4/c1-28(22-17-25(34-4)23(29-2)16-20(22)10-12-30-27(28)32)21-7-6-13-31(18-21)14-11-19-8-9-24(33-3)26(15-19)35-5/h8-9,15-17,21,29H,6-7,10-14,18H2,1-5H3,(H,30,32). The second kappa shape index (κ2) is 10.8. The summed E-state index contributed by atoms with van der Waals surface area (Å²) in [5.41, 5.74) is 3.91. The molecule has 2 aromatic carbocycles. The number of amides is 1. The van der Waals surface area contributed by atoms with Crippen LogP contribution in [0.25, 0.3) is 0 Å². The molecule has 1 saturated heterocycles. The van der Waals surface area contributed by atoms with Gasteiger partial charge in [-0.2, -0.15) is 0 Å². The highest BCUT2D eigenvalue weighted by Crippen LogP contribution is 2.43. The first kappa shape index (κ1) is 25.2. The third-order valence-corrected chi connectivity index (χ3v) is 7.89. The zero-order valence-corrected chi connectivity index (χ0v) is 21.7. The van der Waals surface area contributed by atoms with Gasteiger partial charge < -0.3 is 29.7 Å². The van der Waals surface area contributed by atoms with Crippen molar-refractivity contribution >= 4 is 11.6 Å². The van der Waals surface area contributed by atoms with Crippen LogP contribution in [0.15, 0.2) is 30.3 Å². The molecule has 7 heteroatoms. The predicted octanol–water partition coefficient (Wildman–Crippen LogP) is 3.64. The summed E-state index contributed by atoms with van der Waals surface area (Å²) >= 11 is 0. The number of likely N-dealkylation sites (tertiary alicyclic amines) is 1. The molecule has 0 aliphatic carbocycles. The molecule has 0 radical (unpaired) electrons. The van der Waals surface area contributed by atoms with Crippen LogP contribution in [0.1, 0.15) is 36.5 Å². The number of nitrogens with one attached hydrogen (secondary N) is 2. The molecule has 2 aliphatic heterocycles. The Balaban J connectivity index is 1.56. The third kappa shape index (κ3) is 4.92. The number of nitrogens with zero attached hydrogens (tertiary/aromatic N) is 1. The molecule has 0 aromatic heterocycles. The fraction of sp³-hybridized carbons (Fsp3) is 0.536. The van der Waals surface area contributed by atoms with Gasteiger partial charge in [-0.3, -0.25) is 4.79 Å². The molecule has 7 nitrogen and oxygen atoms in total. The third-order valence-electron chi connectivity index (χ3n) is 7.89. The molecule has 1 fully saturated rings. The van der Waals surface area contributed by atoms with Crippen molar-refractivity contribution in [2.45, 2.75) is 38.0 Å². The largest absolute Gasteiger partial charge is 0.495 e. The Morgan fingerprint density at radius 3 is 2.57 bits per heavy atom. The molecule has 35 heavy (non-hydrogen) atoms. The van der Waals surface area contributed by atoms with Gasteiger partial charge in [-0.05, 0) is 86.0 Å². The lowest BCUT2D eigenvalue weighted by Gasteiger charge is -2.43. The molecule has 2 aromatic rings. The van der Waals surface area contributed by atoms with Crippen molar-refractivity contribution in [3.05, 3.63) is 47.0 Å². The van der Waals surface area contributed by atoms with E-state index in [0.717, 1.165) is 73.8 Å². The number of methoxy groups -OCH3 is 3. The maximum atomic E-state index is 13.6. The highest BCUT2D eigenvalue weighted by Gasteiger charge is 2.46. The molecule has 0 saturated carbocycles. The van der Waals surface area contributed by atoms with Gasteiger partial charge in [0.15, 0.2) is 11.5 Å². The minimum atomic E-state index is -0.604. The Morgan fingerprint density at radius 2 is 1.86 bits per heavy atom. The number of carbonyl (C=O) groups excluding carboxylic acids is 1. The lowest BCUT2D eigenvalue weighted by atomic mass is 9.67. The Morgan fingerprint density at radius 1 is 1.09 bits per heavy atom. The van der Waals surface area contributed by atoms with E-state index in [2.05, 4.69) is 46.7 Å². The van der Waals surface area contributed by atoms with Crippen LogP contribution < -0.4 is 24.8 Å². The first-order valence-corrected chi connectivity index (χ1v) is 12.5. The summed E-state index contributed by atoms with van der Waals surface area (Å²) in [6.45, 7) is 5.68. The summed E-state index contributed by atoms with van der Waals surface area (Å²) in [4.78, 5) is 16.1. The molecule has 1 amide bonds. The molecular weight excluding hydrogens is 442 g/mol. The van der Waals surface area contributed by atoms with Crippen LogP contribution in [0.4, 0.5) is 5.69 Å². The number of piperidine rings is 1. The topological polar surface area (TPSA) is 72.1 Å². The molecule has 0 spiro atoms. The van der Waals surface area contributed by atoms with Gasteiger partial charge in [-0.15, -0.1) is 0 Å². The number of hydrogen-bond acceptors (Lipinski definition) is 6. The van der Waals surface area contributed by atoms with Crippen molar-refractivity contribution in [3.63, 3.8) is 0 Å². The second-order valence-corrected chi connectivity index (χ2v) is 9.75. The van der Waals surface area contributed by atoms with Gasteiger partial charge in [0.1, 0.15) is 5.75 Å². The van der Waals surface area contributed by atoms with Crippen LogP contribution in [0, 0.1) is 5.92 Å². The highest BCUT2D eigenvalue weighted by atomic mass is 16.5. The zero-order chi connectivity index (χ0) is 25.0. The number of benzene rings is 2. The number of fused-ring (bicyclic) bond motifs is 1. The number of ether oxygens (including phenoxy) is 3. The van der Waals surface area contributed by atoms with Crippen molar-refractivity contribution in [3.8, 4) is 17.2 Å². The predicted molar refractivity (Wildman–Crippen MR) is 139 cm³/mol. The monoisotopic (exact) mass is 481 g/mol. The fourth-order valence-corrected chi connectivity index (χ4v) is 5.75. The zero-order valence-electron chi connectivity index (χ0n) is 21.7. The van der Waals surface area contributed by atoms with Crippen molar-refractivity contribution in [1.29, 1.82) is 0 Å². The fourth-order valence-electron chi connectivity index (χ4n) is 5.75. The van der Waals surface area contributed by atoms with Gasteiger partial charge in [0.05, 0.1) is 32.4 Å². The minimum absolute atomic E-state index is 0.127. The molecular formula is C28H39N3O4. The van der Waals surface area contributed by atoms with E-state index in [4.69, 9.17) is 14.2 Å². The Kier molecular flexibility index (Phi) is 7.75. The summed E-state index contributed by atoms with van der Waals surface area (Å²) in [6.07, 6.45) is 3.86. The van der Waals surface area contributed by atoms with E-state index in [0.29, 0.717) is 6.54 Å². The maximum Gasteiger partial charge on any atom is 0.230 e. The van der Waals surface area contributed by atoms with Gasteiger partial charge in [-0.25, -0.2) is 0 Å². The maximum absolute atomic E-state index is 13.6. The summed E-state index contributed by atoms with van der Waals surface area (Å²) in [6, 6.07) is 10.4. The summed E-state index contributed by atoms with van der Waals surface area (Å²) in [5.74, 6) is 2.65. The first-order valence-electron chi connectivity index (χ1n) is 12.5. The smallest absolute Gasteiger partial charge is 0.230 e. The summed E-state index contributed by atoms with van der Waals surface area (Å²) in [7, 11) is 6.92. The van der Waals surface area contributed by atoms with Gasteiger partial charge in [-0.1, -0.05) is 6.07 Å². The number of anilines is 1. The number of hydrogen-bond donors (Lipinski definition) is 2. The molecule has 0 bridgehead atoms. The van der Waals surface area contributed by atoms with E-state index in [1.807, 2.05) is 13.1 Å². The van der Waals surface area contributed by atoms with Crippen LogP contribution in [0.5, 0.6) is 17.2 Å². The quantitative estimate of drug-likeness (QED) is 0.600. The Labute approximate surface area is 209 Å². The van der Waals surface area contributed by atoms with Gasteiger partial charge in [0.2, 0.25) is 5.91 Å². The van der Waals surface area contributed by atoms with Crippen LogP contribution in [0.2, 0.25) is 0 Å². The Bertz CT molecular complexity index is 1060. The summed E-state index contributed by atoms with van der Waals surface area (Å²) in [5, 5.41) is 6.44. The van der Waals surface area contributed by atoms with E-state index in [9.17, 15) is 4.79 Å². The highest BCUT2D eigenvalue weighted by molar-refractivity contribution is 5.90. The van der Waals surface area contributed by atoms with Gasteiger partial charge >= 0.3 is 0 Å². The van der Waals surface area contributed by atoms with Gasteiger partial charge in [0, 0.05) is 26.7 Å². The van der Waals surface area contributed by atoms with E-state index >= 15 is 0 Å². The average molecular weight is 482 g/mol. The van der Waals surface area contributed by atoms with Crippen molar-refractivity contribution < 1.29 is 19.0 Å². The molecule has 4 rings (SSSR count). The van der Waals surface area contributed by atoms with E-state index in [1.54, 1.807) is 21.3 Å². The van der Waals surface area contributed by atoms with Crippen molar-refractivity contribution in [2.75, 3.05) is 59.9 Å². The van der Waals surface area contributed by atoms with Crippen LogP contribution >= 0.6 is 0 Å². The lowest BCUT2D eigenvalue weighted by molar-refractivity contribution is -0.128. The number of rotatable bonds is 8. The van der Waals surface area contributed by atoms with Crippen LogP contribution in [0.3, 0.4) is 0 Å². The lowest BCUT2D eigenvalue weighted by Crippen LogP contribution is -2.52. The molecule has 2 aliphatic rings. The summed E-state index contributed by atoms with van der Waals surface area (Å²) < 4.78 is 16.5. The molecule has 190 valence electrons. The van der Waals surface area contributed by atoms with Crippen molar-refractivity contribution in [2.24, 2.45) is 5.92 Å². The van der Waals surface area contributed by atoms with E-state index in [-0.39, 0.29) is 11.8 Å². The molecule has 2 N–H and O–H groups in total. The molecule has 2 atom stereocenters. The Hall–Kier alpha value is -2.93. The molecule has 2 heterocycles. The molecule has 2 unspecified atom stereocenters. The minimum Gasteiger partial charge on any atom is -0.495 e. The first-order chi connectivity index (χ1) is 16.9. The normalized spacial score (nSPS) is 22.5. The van der Waals surface area contributed by atoms with Gasteiger partial charge in [0.25, 0.3) is 0 Å². The number of carbonyl (C=O) groups is 1. The van der Waals surface area contributed by atoms with Crippen molar-refractivity contribution in [1.82, 2.24) is 10.2 Å². The average Bonchev–Trinajstić information content (AvgIpc) is 3.02. The van der Waals surface area contributed by atoms with Crippen LogP contribution in [-0.2, 0) is 23.1 Å².